The molecular weight excluding hydrogens is 288 g/mol. The van der Waals surface area contributed by atoms with E-state index in [1.807, 2.05) is 13.8 Å². The summed E-state index contributed by atoms with van der Waals surface area (Å²) in [6.45, 7) is 5.98. The van der Waals surface area contributed by atoms with Crippen molar-refractivity contribution in [2.45, 2.75) is 57.3 Å². The topological polar surface area (TPSA) is 71.4 Å². The summed E-state index contributed by atoms with van der Waals surface area (Å²) in [5, 5.41) is 9.28. The molecule has 0 amide bonds. The first-order valence-corrected chi connectivity index (χ1v) is 9.25. The zero-order valence-corrected chi connectivity index (χ0v) is 14.0. The van der Waals surface area contributed by atoms with Crippen LogP contribution in [0.15, 0.2) is 17.0 Å². The Morgan fingerprint density at radius 3 is 2.24 bits per heavy atom. The first kappa shape index (κ1) is 17.7. The quantitative estimate of drug-likeness (QED) is 0.834. The fourth-order valence-corrected chi connectivity index (χ4v) is 3.69. The van der Waals surface area contributed by atoms with Gasteiger partial charge in [-0.25, -0.2) is 13.2 Å². The van der Waals surface area contributed by atoms with Gasteiger partial charge in [0.2, 0.25) is 0 Å². The number of carbonyl (C=O) groups is 1. The molecule has 0 aliphatic rings. The van der Waals surface area contributed by atoms with Crippen molar-refractivity contribution in [3.05, 3.63) is 28.8 Å². The number of aromatic carboxylic acids is 1. The van der Waals surface area contributed by atoms with Crippen LogP contribution >= 0.6 is 0 Å². The lowest BCUT2D eigenvalue weighted by molar-refractivity contribution is 0.0695. The summed E-state index contributed by atoms with van der Waals surface area (Å²) >= 11 is 0. The molecule has 0 fully saturated rings. The highest BCUT2D eigenvalue weighted by atomic mass is 32.2. The maximum Gasteiger partial charge on any atom is 0.336 e. The highest BCUT2D eigenvalue weighted by molar-refractivity contribution is 7.90. The summed E-state index contributed by atoms with van der Waals surface area (Å²) in [7, 11) is -3.45. The number of rotatable bonds is 7. The summed E-state index contributed by atoms with van der Waals surface area (Å²) in [6, 6.07) is 3.12. The zero-order chi connectivity index (χ0) is 16.2. The molecule has 118 valence electrons. The maximum absolute atomic E-state index is 12.1. The molecule has 5 heteroatoms. The summed E-state index contributed by atoms with van der Waals surface area (Å²) in [5.41, 5.74) is 1.55. The Labute approximate surface area is 127 Å². The van der Waals surface area contributed by atoms with Crippen LogP contribution in [0, 0.1) is 0 Å². The Morgan fingerprint density at radius 2 is 1.86 bits per heavy atom. The van der Waals surface area contributed by atoms with E-state index >= 15 is 0 Å². The van der Waals surface area contributed by atoms with Crippen molar-refractivity contribution in [3.8, 4) is 0 Å². The van der Waals surface area contributed by atoms with Gasteiger partial charge in [-0.3, -0.25) is 0 Å². The van der Waals surface area contributed by atoms with E-state index in [4.69, 9.17) is 0 Å². The van der Waals surface area contributed by atoms with Crippen LogP contribution in [0.4, 0.5) is 0 Å². The molecule has 4 nitrogen and oxygen atoms in total. The first-order valence-electron chi connectivity index (χ1n) is 7.36. The van der Waals surface area contributed by atoms with Crippen LogP contribution in [0.5, 0.6) is 0 Å². The predicted molar refractivity (Wildman–Crippen MR) is 83.8 cm³/mol. The largest absolute Gasteiger partial charge is 0.478 e. The molecule has 21 heavy (non-hydrogen) atoms. The molecule has 0 bridgehead atoms. The second-order valence-corrected chi connectivity index (χ2v) is 7.36. The smallest absolute Gasteiger partial charge is 0.336 e. The zero-order valence-electron chi connectivity index (χ0n) is 13.1. The van der Waals surface area contributed by atoms with E-state index in [0.717, 1.165) is 31.1 Å². The van der Waals surface area contributed by atoms with Gasteiger partial charge in [0.15, 0.2) is 9.84 Å². The molecule has 1 unspecified atom stereocenters. The lowest BCUT2D eigenvalue weighted by Crippen LogP contribution is -2.12. The highest BCUT2D eigenvalue weighted by Crippen LogP contribution is 2.33. The normalized spacial score (nSPS) is 13.1. The van der Waals surface area contributed by atoms with E-state index in [9.17, 15) is 18.3 Å². The van der Waals surface area contributed by atoms with Gasteiger partial charge in [0.1, 0.15) is 0 Å². The van der Waals surface area contributed by atoms with Crippen molar-refractivity contribution in [2.75, 3.05) is 6.26 Å². The van der Waals surface area contributed by atoms with Crippen LogP contribution in [0.3, 0.4) is 0 Å². The molecule has 1 rings (SSSR count). The molecule has 0 heterocycles. The third-order valence-electron chi connectivity index (χ3n) is 3.82. The van der Waals surface area contributed by atoms with E-state index in [-0.39, 0.29) is 16.4 Å². The monoisotopic (exact) mass is 312 g/mol. The Bertz CT molecular complexity index is 617. The molecule has 1 N–H and O–H groups in total. The third-order valence-corrected chi connectivity index (χ3v) is 4.97. The fourth-order valence-electron chi connectivity index (χ4n) is 2.70. The molecule has 1 atom stereocenters. The van der Waals surface area contributed by atoms with E-state index < -0.39 is 15.8 Å². The molecule has 0 aliphatic carbocycles. The molecular formula is C16H24O4S. The molecule has 0 radical (unpaired) electrons. The second kappa shape index (κ2) is 7.07. The van der Waals surface area contributed by atoms with Gasteiger partial charge in [0.05, 0.1) is 10.5 Å². The molecule has 1 aromatic carbocycles. The lowest BCUT2D eigenvalue weighted by Gasteiger charge is -2.20. The minimum absolute atomic E-state index is 0.0908. The van der Waals surface area contributed by atoms with Crippen LogP contribution in [0.25, 0.3) is 0 Å². The average molecular weight is 312 g/mol. The summed E-state index contributed by atoms with van der Waals surface area (Å²) in [4.78, 5) is 11.5. The molecule has 0 spiro atoms. The minimum Gasteiger partial charge on any atom is -0.478 e. The molecule has 0 saturated carbocycles. The number of hydrogen-bond acceptors (Lipinski definition) is 3. The van der Waals surface area contributed by atoms with Gasteiger partial charge in [-0.1, -0.05) is 33.3 Å². The van der Waals surface area contributed by atoms with Gasteiger partial charge in [0, 0.05) is 6.26 Å². The third kappa shape index (κ3) is 4.06. The van der Waals surface area contributed by atoms with Crippen molar-refractivity contribution in [3.63, 3.8) is 0 Å². The second-order valence-electron chi connectivity index (χ2n) is 5.37. The molecule has 0 aliphatic heterocycles. The van der Waals surface area contributed by atoms with Crippen molar-refractivity contribution in [1.82, 2.24) is 0 Å². The van der Waals surface area contributed by atoms with Gasteiger partial charge in [0.25, 0.3) is 0 Å². The summed E-state index contributed by atoms with van der Waals surface area (Å²) in [6.07, 6.45) is 4.41. The number of benzene rings is 1. The van der Waals surface area contributed by atoms with Crippen molar-refractivity contribution < 1.29 is 18.3 Å². The van der Waals surface area contributed by atoms with Crippen LogP contribution in [0.1, 0.15) is 67.4 Å². The maximum atomic E-state index is 12.1. The number of sulfone groups is 1. The Balaban J connectivity index is 3.64. The number of hydrogen-bond donors (Lipinski definition) is 1. The van der Waals surface area contributed by atoms with Gasteiger partial charge < -0.3 is 5.11 Å². The Hall–Kier alpha value is -1.36. The highest BCUT2D eigenvalue weighted by Gasteiger charge is 2.23. The van der Waals surface area contributed by atoms with Crippen LogP contribution in [0.2, 0.25) is 0 Å². The average Bonchev–Trinajstić information content (AvgIpc) is 2.42. The van der Waals surface area contributed by atoms with Gasteiger partial charge in [-0.15, -0.1) is 0 Å². The standard InChI is InChI=1S/C16H24O4S/c1-5-8-11(6-2)13-9-12(7-3)14(16(17)18)10-15(13)21(4,19)20/h9-11H,5-8H2,1-4H3,(H,17,18). The number of carboxylic acids is 1. The van der Waals surface area contributed by atoms with E-state index in [2.05, 4.69) is 6.92 Å². The summed E-state index contributed by atoms with van der Waals surface area (Å²) < 4.78 is 24.1. The molecule has 1 aromatic rings. The lowest BCUT2D eigenvalue weighted by atomic mass is 9.89. The Morgan fingerprint density at radius 1 is 1.24 bits per heavy atom. The van der Waals surface area contributed by atoms with Crippen molar-refractivity contribution >= 4 is 15.8 Å². The molecule has 0 aromatic heterocycles. The SMILES string of the molecule is CCCC(CC)c1cc(CC)c(C(=O)O)cc1S(C)(=O)=O. The van der Waals surface area contributed by atoms with Gasteiger partial charge in [-0.05, 0) is 42.4 Å². The molecule has 0 saturated heterocycles. The fraction of sp³-hybridized carbons (Fsp3) is 0.562. The number of carboxylic acid groups (broad SMARTS) is 1. The van der Waals surface area contributed by atoms with Gasteiger partial charge in [-0.2, -0.15) is 0 Å². The van der Waals surface area contributed by atoms with Crippen LogP contribution < -0.4 is 0 Å². The Kier molecular flexibility index (Phi) is 5.96. The predicted octanol–water partition coefficient (Wildman–Crippen LogP) is 3.64. The minimum atomic E-state index is -3.45. The van der Waals surface area contributed by atoms with Crippen LogP contribution in [-0.4, -0.2) is 25.7 Å². The van der Waals surface area contributed by atoms with Gasteiger partial charge >= 0.3 is 5.97 Å². The number of aryl methyl sites for hydroxylation is 1. The summed E-state index contributed by atoms with van der Waals surface area (Å²) in [5.74, 6) is -0.931. The van der Waals surface area contributed by atoms with Crippen molar-refractivity contribution in [1.29, 1.82) is 0 Å². The van der Waals surface area contributed by atoms with Crippen molar-refractivity contribution in [2.24, 2.45) is 0 Å². The van der Waals surface area contributed by atoms with Crippen LogP contribution in [-0.2, 0) is 16.3 Å². The van der Waals surface area contributed by atoms with E-state index in [1.165, 1.54) is 6.07 Å². The van der Waals surface area contributed by atoms with E-state index in [1.54, 1.807) is 6.07 Å². The van der Waals surface area contributed by atoms with E-state index in [0.29, 0.717) is 12.0 Å². The first-order chi connectivity index (χ1) is 9.76.